The van der Waals surface area contributed by atoms with E-state index in [0.29, 0.717) is 5.69 Å². The number of methoxy groups -OCH3 is 1. The first-order valence-electron chi connectivity index (χ1n) is 5.61. The third-order valence-electron chi connectivity index (χ3n) is 2.92. The Labute approximate surface area is 106 Å². The lowest BCUT2D eigenvalue weighted by Gasteiger charge is -2.33. The molecule has 2 rings (SSSR count). The van der Waals surface area contributed by atoms with Crippen molar-refractivity contribution in [3.05, 3.63) is 18.1 Å². The minimum atomic E-state index is 0.241. The molecule has 0 spiro atoms. The molecule has 2 heterocycles. The van der Waals surface area contributed by atoms with Crippen LogP contribution in [0.25, 0.3) is 0 Å². The van der Waals surface area contributed by atoms with Gasteiger partial charge in [0.05, 0.1) is 6.10 Å². The van der Waals surface area contributed by atoms with Crippen LogP contribution < -0.4 is 10.6 Å². The van der Waals surface area contributed by atoms with E-state index in [0.717, 1.165) is 31.7 Å². The fraction of sp³-hybridized carbons (Fsp3) is 0.545. The van der Waals surface area contributed by atoms with Crippen LogP contribution in [0.5, 0.6) is 0 Å². The molecule has 17 heavy (non-hydrogen) atoms. The number of piperidine rings is 1. The number of nitrogens with zero attached hydrogens (tertiary/aromatic N) is 3. The SMILES string of the molecule is COC1CCCN(c2nccnc2C(N)=S)C1. The molecule has 1 saturated heterocycles. The van der Waals surface area contributed by atoms with Gasteiger partial charge in [-0.1, -0.05) is 12.2 Å². The van der Waals surface area contributed by atoms with E-state index in [4.69, 9.17) is 22.7 Å². The van der Waals surface area contributed by atoms with Gasteiger partial charge in [-0.05, 0) is 12.8 Å². The van der Waals surface area contributed by atoms with Gasteiger partial charge in [-0.2, -0.15) is 0 Å². The molecule has 1 aliphatic heterocycles. The zero-order valence-corrected chi connectivity index (χ0v) is 10.6. The van der Waals surface area contributed by atoms with Crippen molar-refractivity contribution in [1.29, 1.82) is 0 Å². The topological polar surface area (TPSA) is 64.3 Å². The van der Waals surface area contributed by atoms with Gasteiger partial charge < -0.3 is 15.4 Å². The van der Waals surface area contributed by atoms with Crippen LogP contribution in [0.3, 0.4) is 0 Å². The summed E-state index contributed by atoms with van der Waals surface area (Å²) < 4.78 is 5.39. The lowest BCUT2D eigenvalue weighted by Crippen LogP contribution is -2.40. The number of hydrogen-bond donors (Lipinski definition) is 1. The predicted molar refractivity (Wildman–Crippen MR) is 70.2 cm³/mol. The van der Waals surface area contributed by atoms with E-state index in [1.54, 1.807) is 19.5 Å². The summed E-state index contributed by atoms with van der Waals surface area (Å²) >= 11 is 4.99. The second kappa shape index (κ2) is 5.37. The summed E-state index contributed by atoms with van der Waals surface area (Å²) in [6, 6.07) is 0. The number of thiocarbonyl (C=S) groups is 1. The normalized spacial score (nSPS) is 20.3. The van der Waals surface area contributed by atoms with Crippen molar-refractivity contribution in [1.82, 2.24) is 9.97 Å². The van der Waals surface area contributed by atoms with Crippen molar-refractivity contribution in [3.8, 4) is 0 Å². The first-order chi connectivity index (χ1) is 8.22. The Morgan fingerprint density at radius 1 is 1.53 bits per heavy atom. The number of hydrogen-bond acceptors (Lipinski definition) is 5. The second-order valence-corrected chi connectivity index (χ2v) is 4.48. The number of ether oxygens (including phenoxy) is 1. The van der Waals surface area contributed by atoms with Crippen molar-refractivity contribution in [2.24, 2.45) is 5.73 Å². The molecule has 0 radical (unpaired) electrons. The van der Waals surface area contributed by atoms with Crippen LogP contribution in [-0.4, -0.2) is 41.3 Å². The van der Waals surface area contributed by atoms with Gasteiger partial charge in [0.1, 0.15) is 10.7 Å². The van der Waals surface area contributed by atoms with Crippen LogP contribution in [0, 0.1) is 0 Å². The van der Waals surface area contributed by atoms with Gasteiger partial charge in [0.2, 0.25) is 0 Å². The maximum Gasteiger partial charge on any atom is 0.157 e. The number of anilines is 1. The molecule has 0 bridgehead atoms. The Morgan fingerprint density at radius 3 is 3.00 bits per heavy atom. The minimum Gasteiger partial charge on any atom is -0.388 e. The highest BCUT2D eigenvalue weighted by Crippen LogP contribution is 2.21. The summed E-state index contributed by atoms with van der Waals surface area (Å²) in [5.74, 6) is 0.766. The van der Waals surface area contributed by atoms with E-state index in [1.807, 2.05) is 0 Å². The molecule has 1 aromatic heterocycles. The molecule has 0 aliphatic carbocycles. The summed E-state index contributed by atoms with van der Waals surface area (Å²) in [5, 5.41) is 0. The molecule has 1 aromatic rings. The molecule has 5 nitrogen and oxygen atoms in total. The molecule has 0 amide bonds. The van der Waals surface area contributed by atoms with E-state index in [-0.39, 0.29) is 11.1 Å². The third kappa shape index (κ3) is 2.70. The quantitative estimate of drug-likeness (QED) is 0.800. The molecule has 6 heteroatoms. The molecular formula is C11H16N4OS. The lowest BCUT2D eigenvalue weighted by molar-refractivity contribution is 0.0891. The van der Waals surface area contributed by atoms with Crippen LogP contribution in [0.4, 0.5) is 5.82 Å². The smallest absolute Gasteiger partial charge is 0.157 e. The van der Waals surface area contributed by atoms with Crippen LogP contribution in [-0.2, 0) is 4.74 Å². The standard InChI is InChI=1S/C11H16N4OS/c1-16-8-3-2-6-15(7-8)11-9(10(12)17)13-4-5-14-11/h4-5,8H,2-3,6-7H2,1H3,(H2,12,17). The Kier molecular flexibility index (Phi) is 3.86. The van der Waals surface area contributed by atoms with Crippen molar-refractivity contribution in [3.63, 3.8) is 0 Å². The largest absolute Gasteiger partial charge is 0.388 e. The Bertz CT molecular complexity index is 412. The van der Waals surface area contributed by atoms with Gasteiger partial charge in [-0.25, -0.2) is 9.97 Å². The Balaban J connectivity index is 2.24. The third-order valence-corrected chi connectivity index (χ3v) is 3.12. The fourth-order valence-electron chi connectivity index (χ4n) is 2.06. The molecule has 1 atom stereocenters. The minimum absolute atomic E-state index is 0.241. The fourth-order valence-corrected chi connectivity index (χ4v) is 2.20. The van der Waals surface area contributed by atoms with Crippen molar-refractivity contribution in [2.45, 2.75) is 18.9 Å². The molecule has 92 valence electrons. The van der Waals surface area contributed by atoms with E-state index in [1.165, 1.54) is 0 Å². The Morgan fingerprint density at radius 2 is 2.29 bits per heavy atom. The van der Waals surface area contributed by atoms with E-state index in [9.17, 15) is 0 Å². The highest BCUT2D eigenvalue weighted by atomic mass is 32.1. The molecule has 1 fully saturated rings. The average molecular weight is 252 g/mol. The lowest BCUT2D eigenvalue weighted by atomic mass is 10.1. The van der Waals surface area contributed by atoms with Crippen molar-refractivity contribution < 1.29 is 4.74 Å². The first kappa shape index (κ1) is 12.2. The molecule has 0 aromatic carbocycles. The summed E-state index contributed by atoms with van der Waals surface area (Å²) in [6.45, 7) is 1.75. The van der Waals surface area contributed by atoms with Gasteiger partial charge >= 0.3 is 0 Å². The molecule has 2 N–H and O–H groups in total. The maximum atomic E-state index is 5.66. The highest BCUT2D eigenvalue weighted by molar-refractivity contribution is 7.80. The van der Waals surface area contributed by atoms with Gasteiger partial charge in [0.15, 0.2) is 5.82 Å². The number of nitrogens with two attached hydrogens (primary N) is 1. The molecule has 1 unspecified atom stereocenters. The summed E-state index contributed by atoms with van der Waals surface area (Å²) in [7, 11) is 1.74. The second-order valence-electron chi connectivity index (χ2n) is 4.04. The molecular weight excluding hydrogens is 236 g/mol. The number of rotatable bonds is 3. The van der Waals surface area contributed by atoms with E-state index < -0.39 is 0 Å². The van der Waals surface area contributed by atoms with Gasteiger partial charge in [0.25, 0.3) is 0 Å². The van der Waals surface area contributed by atoms with Gasteiger partial charge in [-0.15, -0.1) is 0 Å². The average Bonchev–Trinajstić information content (AvgIpc) is 2.39. The van der Waals surface area contributed by atoms with Crippen LogP contribution in [0.1, 0.15) is 18.5 Å². The van der Waals surface area contributed by atoms with Crippen molar-refractivity contribution >= 4 is 23.0 Å². The molecule has 0 saturated carbocycles. The predicted octanol–water partition coefficient (Wildman–Crippen LogP) is 0.726. The van der Waals surface area contributed by atoms with E-state index >= 15 is 0 Å². The van der Waals surface area contributed by atoms with Crippen LogP contribution >= 0.6 is 12.2 Å². The van der Waals surface area contributed by atoms with Crippen LogP contribution in [0.15, 0.2) is 12.4 Å². The van der Waals surface area contributed by atoms with Crippen molar-refractivity contribution in [2.75, 3.05) is 25.1 Å². The summed E-state index contributed by atoms with van der Waals surface area (Å²) in [4.78, 5) is 10.9. The van der Waals surface area contributed by atoms with Gasteiger partial charge in [0, 0.05) is 32.6 Å². The van der Waals surface area contributed by atoms with E-state index in [2.05, 4.69) is 14.9 Å². The molecule has 1 aliphatic rings. The van der Waals surface area contributed by atoms with Crippen LogP contribution in [0.2, 0.25) is 0 Å². The Hall–Kier alpha value is -1.27. The zero-order chi connectivity index (χ0) is 12.3. The summed E-state index contributed by atoms with van der Waals surface area (Å²) in [5.41, 5.74) is 6.26. The van der Waals surface area contributed by atoms with Gasteiger partial charge in [-0.3, -0.25) is 0 Å². The maximum absolute atomic E-state index is 5.66. The zero-order valence-electron chi connectivity index (χ0n) is 9.80. The summed E-state index contributed by atoms with van der Waals surface area (Å²) in [6.07, 6.45) is 5.66. The number of aromatic nitrogens is 2. The first-order valence-corrected chi connectivity index (χ1v) is 6.01. The highest BCUT2D eigenvalue weighted by Gasteiger charge is 2.23. The monoisotopic (exact) mass is 252 g/mol.